The van der Waals surface area contributed by atoms with Crippen LogP contribution in [0.2, 0.25) is 0 Å². The molecule has 8 nitrogen and oxygen atoms in total. The maximum atomic E-state index is 12.3. The highest BCUT2D eigenvalue weighted by Crippen LogP contribution is 2.18. The summed E-state index contributed by atoms with van der Waals surface area (Å²) in [6.45, 7) is 0. The fraction of sp³-hybridized carbons (Fsp3) is 0.263. The smallest absolute Gasteiger partial charge is 0.319 e. The standard InChI is InChI=1S/C19H21N3O5S/c1-27-17-4-2-3-15(11-17)20-18(23)13-5-7-14(8-6-13)21-19(24)22-16-9-10-28(25,26)12-16/h2-8,11,16H,9-10,12H2,1H3,(H,20,23)(H2,21,22,24)/t16-/m1/s1. The molecule has 1 aliphatic heterocycles. The molecule has 3 rings (SSSR count). The van der Waals surface area contributed by atoms with Gasteiger partial charge >= 0.3 is 6.03 Å². The Bertz CT molecular complexity index is 973. The molecule has 0 spiro atoms. The average molecular weight is 403 g/mol. The van der Waals surface area contributed by atoms with Gasteiger partial charge in [0, 0.05) is 29.0 Å². The monoisotopic (exact) mass is 403 g/mol. The Balaban J connectivity index is 1.55. The van der Waals surface area contributed by atoms with Gasteiger partial charge in [-0.1, -0.05) is 6.07 Å². The quantitative estimate of drug-likeness (QED) is 0.709. The van der Waals surface area contributed by atoms with Crippen LogP contribution in [0.3, 0.4) is 0 Å². The number of nitrogens with one attached hydrogen (secondary N) is 3. The molecule has 1 saturated heterocycles. The van der Waals surface area contributed by atoms with Crippen molar-refractivity contribution in [3.05, 3.63) is 54.1 Å². The molecule has 1 fully saturated rings. The Hall–Kier alpha value is -3.07. The number of sulfone groups is 1. The molecule has 2 aromatic rings. The number of amides is 3. The van der Waals surface area contributed by atoms with E-state index in [0.717, 1.165) is 0 Å². The molecule has 9 heteroatoms. The summed E-state index contributed by atoms with van der Waals surface area (Å²) in [6.07, 6.45) is 0.416. The highest BCUT2D eigenvalue weighted by Gasteiger charge is 2.28. The van der Waals surface area contributed by atoms with Crippen molar-refractivity contribution >= 4 is 33.2 Å². The van der Waals surface area contributed by atoms with E-state index >= 15 is 0 Å². The average Bonchev–Trinajstić information content (AvgIpc) is 3.00. The first kappa shape index (κ1) is 19.7. The van der Waals surface area contributed by atoms with E-state index in [4.69, 9.17) is 4.74 Å². The maximum Gasteiger partial charge on any atom is 0.319 e. The summed E-state index contributed by atoms with van der Waals surface area (Å²) in [5, 5.41) is 8.05. The van der Waals surface area contributed by atoms with Gasteiger partial charge < -0.3 is 20.7 Å². The van der Waals surface area contributed by atoms with Crippen molar-refractivity contribution in [1.29, 1.82) is 0 Å². The number of urea groups is 1. The molecular weight excluding hydrogens is 382 g/mol. The van der Waals surface area contributed by atoms with Crippen molar-refractivity contribution in [2.24, 2.45) is 0 Å². The van der Waals surface area contributed by atoms with E-state index in [2.05, 4.69) is 16.0 Å². The van der Waals surface area contributed by atoms with Crippen molar-refractivity contribution in [2.45, 2.75) is 12.5 Å². The van der Waals surface area contributed by atoms with E-state index in [0.29, 0.717) is 29.1 Å². The lowest BCUT2D eigenvalue weighted by Crippen LogP contribution is -2.38. The summed E-state index contributed by atoms with van der Waals surface area (Å²) in [6, 6.07) is 12.5. The Kier molecular flexibility index (Phi) is 5.84. The molecule has 1 aliphatic rings. The number of hydrogen-bond donors (Lipinski definition) is 3. The first-order valence-corrected chi connectivity index (χ1v) is 10.5. The highest BCUT2D eigenvalue weighted by atomic mass is 32.2. The third kappa shape index (κ3) is 5.23. The summed E-state index contributed by atoms with van der Waals surface area (Å²) >= 11 is 0. The van der Waals surface area contributed by atoms with Gasteiger partial charge in [-0.3, -0.25) is 4.79 Å². The number of anilines is 2. The lowest BCUT2D eigenvalue weighted by molar-refractivity contribution is 0.102. The van der Waals surface area contributed by atoms with Gasteiger partial charge in [-0.05, 0) is 42.8 Å². The number of benzene rings is 2. The molecular formula is C19H21N3O5S. The lowest BCUT2D eigenvalue weighted by Gasteiger charge is -2.12. The lowest BCUT2D eigenvalue weighted by atomic mass is 10.2. The first-order valence-electron chi connectivity index (χ1n) is 8.68. The predicted octanol–water partition coefficient (Wildman–Crippen LogP) is 2.26. The van der Waals surface area contributed by atoms with E-state index in [1.165, 1.54) is 0 Å². The molecule has 1 atom stereocenters. The number of rotatable bonds is 5. The van der Waals surface area contributed by atoms with E-state index in [1.807, 2.05) is 0 Å². The SMILES string of the molecule is COc1cccc(NC(=O)c2ccc(NC(=O)N[C@@H]3CCS(=O)(=O)C3)cc2)c1. The molecule has 2 aromatic carbocycles. The minimum Gasteiger partial charge on any atom is -0.497 e. The fourth-order valence-electron chi connectivity index (χ4n) is 2.87. The zero-order chi connectivity index (χ0) is 20.1. The van der Waals surface area contributed by atoms with Crippen LogP contribution in [0.15, 0.2) is 48.5 Å². The molecule has 0 saturated carbocycles. The Labute approximate surface area is 163 Å². The van der Waals surface area contributed by atoms with Crippen LogP contribution in [-0.2, 0) is 9.84 Å². The van der Waals surface area contributed by atoms with Crippen molar-refractivity contribution < 1.29 is 22.7 Å². The minimum atomic E-state index is -3.05. The molecule has 0 unspecified atom stereocenters. The van der Waals surface area contributed by atoms with Crippen molar-refractivity contribution in [2.75, 3.05) is 29.2 Å². The van der Waals surface area contributed by atoms with Crippen LogP contribution in [0.1, 0.15) is 16.8 Å². The largest absolute Gasteiger partial charge is 0.497 e. The van der Waals surface area contributed by atoms with Crippen molar-refractivity contribution in [1.82, 2.24) is 5.32 Å². The van der Waals surface area contributed by atoms with E-state index < -0.39 is 15.9 Å². The van der Waals surface area contributed by atoms with Crippen molar-refractivity contribution in [3.8, 4) is 5.75 Å². The predicted molar refractivity (Wildman–Crippen MR) is 107 cm³/mol. The molecule has 3 amide bonds. The van der Waals surface area contributed by atoms with Crippen LogP contribution in [0.4, 0.5) is 16.2 Å². The molecule has 0 bridgehead atoms. The van der Waals surface area contributed by atoms with Gasteiger partial charge in [0.05, 0.1) is 18.6 Å². The first-order chi connectivity index (χ1) is 13.3. The van der Waals surface area contributed by atoms with Crippen LogP contribution in [0.25, 0.3) is 0 Å². The van der Waals surface area contributed by atoms with Gasteiger partial charge in [0.15, 0.2) is 9.84 Å². The number of carbonyl (C=O) groups is 2. The number of hydrogen-bond acceptors (Lipinski definition) is 5. The van der Waals surface area contributed by atoms with E-state index in [-0.39, 0.29) is 23.5 Å². The molecule has 148 valence electrons. The molecule has 0 aliphatic carbocycles. The molecule has 28 heavy (non-hydrogen) atoms. The van der Waals surface area contributed by atoms with Gasteiger partial charge in [0.25, 0.3) is 5.91 Å². The van der Waals surface area contributed by atoms with E-state index in [9.17, 15) is 18.0 Å². The molecule has 0 aromatic heterocycles. The second-order valence-electron chi connectivity index (χ2n) is 6.46. The van der Waals surface area contributed by atoms with Crippen LogP contribution in [-0.4, -0.2) is 45.0 Å². The fourth-order valence-corrected chi connectivity index (χ4v) is 4.54. The van der Waals surface area contributed by atoms with Crippen LogP contribution >= 0.6 is 0 Å². The molecule has 0 radical (unpaired) electrons. The third-order valence-corrected chi connectivity index (χ3v) is 6.07. The summed E-state index contributed by atoms with van der Waals surface area (Å²) < 4.78 is 28.0. The molecule has 3 N–H and O–H groups in total. The van der Waals surface area contributed by atoms with Crippen LogP contribution in [0, 0.1) is 0 Å². The van der Waals surface area contributed by atoms with Crippen LogP contribution in [0.5, 0.6) is 5.75 Å². The Morgan fingerprint density at radius 2 is 1.79 bits per heavy atom. The summed E-state index contributed by atoms with van der Waals surface area (Å²) in [7, 11) is -1.50. The number of ether oxygens (including phenoxy) is 1. The Morgan fingerprint density at radius 1 is 1.04 bits per heavy atom. The molecule has 1 heterocycles. The third-order valence-electron chi connectivity index (χ3n) is 4.30. The van der Waals surface area contributed by atoms with Gasteiger partial charge in [-0.15, -0.1) is 0 Å². The normalized spacial score (nSPS) is 17.5. The van der Waals surface area contributed by atoms with Crippen LogP contribution < -0.4 is 20.7 Å². The highest BCUT2D eigenvalue weighted by molar-refractivity contribution is 7.91. The number of methoxy groups -OCH3 is 1. The van der Waals surface area contributed by atoms with Crippen molar-refractivity contribution in [3.63, 3.8) is 0 Å². The minimum absolute atomic E-state index is 0.0379. The summed E-state index contributed by atoms with van der Waals surface area (Å²) in [5.41, 5.74) is 1.53. The summed E-state index contributed by atoms with van der Waals surface area (Å²) in [5.74, 6) is 0.401. The Morgan fingerprint density at radius 3 is 2.43 bits per heavy atom. The van der Waals surface area contributed by atoms with Gasteiger partial charge in [-0.2, -0.15) is 0 Å². The van der Waals surface area contributed by atoms with Gasteiger partial charge in [-0.25, -0.2) is 13.2 Å². The zero-order valence-electron chi connectivity index (χ0n) is 15.3. The van der Waals surface area contributed by atoms with E-state index in [1.54, 1.807) is 55.6 Å². The maximum absolute atomic E-state index is 12.3. The topological polar surface area (TPSA) is 114 Å². The second kappa shape index (κ2) is 8.30. The second-order valence-corrected chi connectivity index (χ2v) is 8.69. The zero-order valence-corrected chi connectivity index (χ0v) is 16.1. The van der Waals surface area contributed by atoms with Gasteiger partial charge in [0.2, 0.25) is 0 Å². The summed E-state index contributed by atoms with van der Waals surface area (Å²) in [4.78, 5) is 24.3. The number of carbonyl (C=O) groups excluding carboxylic acids is 2. The van der Waals surface area contributed by atoms with Gasteiger partial charge in [0.1, 0.15) is 5.75 Å².